The number of benzene rings is 1. The second kappa shape index (κ2) is 3.93. The predicted molar refractivity (Wildman–Crippen MR) is 57.4 cm³/mol. The molecule has 0 amide bonds. The highest BCUT2D eigenvalue weighted by atomic mass is 79.9. The van der Waals surface area contributed by atoms with Crippen LogP contribution >= 0.6 is 47.4 Å². The number of hydrogen-bond donors (Lipinski definition) is 0. The molecule has 52 valence electrons. The minimum absolute atomic E-state index is 0.257. The maximum Gasteiger partial charge on any atom is 0.329 e. The zero-order valence-electron chi connectivity index (χ0n) is 5.02. The van der Waals surface area contributed by atoms with Gasteiger partial charge in [-0.15, -0.1) is 31.5 Å². The molecule has 4 heteroatoms. The van der Waals surface area contributed by atoms with Crippen LogP contribution in [0.2, 0.25) is 0 Å². The smallest absolute Gasteiger partial charge is 0.132 e. The van der Waals surface area contributed by atoms with Gasteiger partial charge in [-0.1, -0.05) is 33.5 Å². The van der Waals surface area contributed by atoms with Crippen molar-refractivity contribution < 1.29 is 0 Å². The van der Waals surface area contributed by atoms with Gasteiger partial charge in [0.25, 0.3) is 0 Å². The predicted octanol–water partition coefficient (Wildman–Crippen LogP) is 2.93. The Morgan fingerprint density at radius 1 is 1.00 bits per heavy atom. The summed E-state index contributed by atoms with van der Waals surface area (Å²) < 4.78 is 1.37. The summed E-state index contributed by atoms with van der Waals surface area (Å²) in [4.78, 5) is 0. The van der Waals surface area contributed by atoms with Gasteiger partial charge in [0.15, 0.2) is 0 Å². The normalized spacial score (nSPS) is 9.50. The summed E-state index contributed by atoms with van der Waals surface area (Å²) in [6, 6.07) is 8.15. The van der Waals surface area contributed by atoms with E-state index in [1.54, 1.807) is 0 Å². The lowest BCUT2D eigenvalue weighted by Gasteiger charge is -1.96. The molecule has 0 aliphatic carbocycles. The van der Waals surface area contributed by atoms with E-state index in [0.717, 1.165) is 4.47 Å². The monoisotopic (exact) mass is 324 g/mol. The molecule has 0 N–H and O–H groups in total. The highest BCUT2D eigenvalue weighted by Gasteiger charge is 2.05. The lowest BCUT2D eigenvalue weighted by atomic mass is 9.96. The number of rotatable bonds is 1. The fraction of sp³-hybridized carbons (Fsp3) is 0. The van der Waals surface area contributed by atoms with Crippen molar-refractivity contribution >= 4 is 57.3 Å². The second-order valence-corrected chi connectivity index (χ2v) is 5.83. The molecule has 0 aromatic heterocycles. The molecule has 0 fully saturated rings. The van der Waals surface area contributed by atoms with E-state index >= 15 is 0 Å². The Bertz CT molecular complexity index is 207. The van der Waals surface area contributed by atoms with E-state index in [2.05, 4.69) is 59.6 Å². The zero-order valence-corrected chi connectivity index (χ0v) is 9.78. The minimum atomic E-state index is 0.257. The van der Waals surface area contributed by atoms with Gasteiger partial charge in [0.2, 0.25) is 0 Å². The van der Waals surface area contributed by atoms with Gasteiger partial charge < -0.3 is 0 Å². The molecule has 0 saturated carbocycles. The lowest BCUT2D eigenvalue weighted by Crippen LogP contribution is -2.15. The van der Waals surface area contributed by atoms with Gasteiger partial charge in [-0.05, 0) is 12.1 Å². The SMILES string of the molecule is BrB(Br)c1ccc(Br)cc1. The molecule has 0 saturated heterocycles. The van der Waals surface area contributed by atoms with Crippen molar-refractivity contribution in [2.24, 2.45) is 0 Å². The molecule has 10 heavy (non-hydrogen) atoms. The Hall–Kier alpha value is 0.725. The molecule has 1 aromatic rings. The third-order valence-corrected chi connectivity index (χ3v) is 2.71. The summed E-state index contributed by atoms with van der Waals surface area (Å²) in [5, 5.41) is 0. The molecule has 1 aromatic carbocycles. The van der Waals surface area contributed by atoms with Crippen LogP contribution in [0.15, 0.2) is 28.7 Å². The Labute approximate surface area is 85.5 Å². The van der Waals surface area contributed by atoms with E-state index < -0.39 is 0 Å². The summed E-state index contributed by atoms with van der Waals surface area (Å²) >= 11 is 10.2. The van der Waals surface area contributed by atoms with E-state index in [1.165, 1.54) is 5.46 Å². The van der Waals surface area contributed by atoms with Crippen molar-refractivity contribution in [3.8, 4) is 0 Å². The number of hydrogen-bond acceptors (Lipinski definition) is 0. The quantitative estimate of drug-likeness (QED) is 0.696. The van der Waals surface area contributed by atoms with Crippen LogP contribution in [0.3, 0.4) is 0 Å². The van der Waals surface area contributed by atoms with E-state index in [9.17, 15) is 0 Å². The maximum atomic E-state index is 3.41. The van der Waals surface area contributed by atoms with Crippen molar-refractivity contribution in [3.05, 3.63) is 28.7 Å². The second-order valence-electron chi connectivity index (χ2n) is 1.85. The van der Waals surface area contributed by atoms with Gasteiger partial charge >= 0.3 is 4.36 Å². The molecule has 0 aliphatic rings. The third-order valence-electron chi connectivity index (χ3n) is 1.12. The molecule has 0 atom stereocenters. The average molecular weight is 327 g/mol. The molecular formula is C6H4BBr3. The zero-order chi connectivity index (χ0) is 7.56. The molecule has 0 spiro atoms. The fourth-order valence-electron chi connectivity index (χ4n) is 0.608. The Morgan fingerprint density at radius 2 is 1.50 bits per heavy atom. The minimum Gasteiger partial charge on any atom is -0.132 e. The van der Waals surface area contributed by atoms with Gasteiger partial charge in [0, 0.05) is 4.47 Å². The molecule has 0 bridgehead atoms. The maximum absolute atomic E-state index is 3.41. The van der Waals surface area contributed by atoms with Crippen LogP contribution < -0.4 is 5.46 Å². The largest absolute Gasteiger partial charge is 0.329 e. The van der Waals surface area contributed by atoms with E-state index in [1.807, 2.05) is 12.1 Å². The Kier molecular flexibility index (Phi) is 3.47. The Balaban J connectivity index is 2.89. The van der Waals surface area contributed by atoms with Crippen LogP contribution in [0.25, 0.3) is 0 Å². The molecular weight excluding hydrogens is 323 g/mol. The van der Waals surface area contributed by atoms with Crippen LogP contribution in [-0.2, 0) is 0 Å². The van der Waals surface area contributed by atoms with Gasteiger partial charge in [-0.3, -0.25) is 0 Å². The summed E-state index contributed by atoms with van der Waals surface area (Å²) in [5.74, 6) is 0. The first-order valence-corrected chi connectivity index (χ1v) is 5.36. The van der Waals surface area contributed by atoms with E-state index in [0.29, 0.717) is 0 Å². The van der Waals surface area contributed by atoms with E-state index in [4.69, 9.17) is 0 Å². The summed E-state index contributed by atoms with van der Waals surface area (Å²) in [5.41, 5.74) is 1.23. The first-order valence-electron chi connectivity index (χ1n) is 2.74. The van der Waals surface area contributed by atoms with Gasteiger partial charge in [-0.25, -0.2) is 0 Å². The lowest BCUT2D eigenvalue weighted by molar-refractivity contribution is 1.70. The third kappa shape index (κ3) is 2.40. The van der Waals surface area contributed by atoms with Crippen molar-refractivity contribution in [1.82, 2.24) is 0 Å². The van der Waals surface area contributed by atoms with Crippen LogP contribution in [0.1, 0.15) is 0 Å². The van der Waals surface area contributed by atoms with E-state index in [-0.39, 0.29) is 4.36 Å². The molecule has 0 aliphatic heterocycles. The average Bonchev–Trinajstić information content (AvgIpc) is 1.88. The van der Waals surface area contributed by atoms with Crippen LogP contribution in [0.5, 0.6) is 0 Å². The highest BCUT2D eigenvalue weighted by Crippen LogP contribution is 2.09. The van der Waals surface area contributed by atoms with Crippen molar-refractivity contribution in [2.75, 3.05) is 0 Å². The molecule has 0 heterocycles. The first-order chi connectivity index (χ1) is 4.70. The van der Waals surface area contributed by atoms with Crippen LogP contribution in [-0.4, -0.2) is 4.36 Å². The van der Waals surface area contributed by atoms with Gasteiger partial charge in [0.05, 0.1) is 0 Å². The van der Waals surface area contributed by atoms with Crippen LogP contribution in [0, 0.1) is 0 Å². The summed E-state index contributed by atoms with van der Waals surface area (Å²) in [6.07, 6.45) is 0. The Morgan fingerprint density at radius 3 is 1.90 bits per heavy atom. The number of halogens is 3. The fourth-order valence-corrected chi connectivity index (χ4v) is 1.48. The standard InChI is InChI=1S/C6H4BBr3/c8-6-3-1-5(2-4-6)7(9)10/h1-4H. The summed E-state index contributed by atoms with van der Waals surface area (Å²) in [6.45, 7) is 0. The van der Waals surface area contributed by atoms with Crippen molar-refractivity contribution in [1.29, 1.82) is 0 Å². The topological polar surface area (TPSA) is 0 Å². The molecule has 0 unspecified atom stereocenters. The molecule has 1 rings (SSSR count). The first kappa shape index (κ1) is 8.82. The molecule has 0 radical (unpaired) electrons. The molecule has 0 nitrogen and oxygen atoms in total. The summed E-state index contributed by atoms with van der Waals surface area (Å²) in [7, 11) is 0. The van der Waals surface area contributed by atoms with Crippen molar-refractivity contribution in [2.45, 2.75) is 0 Å². The highest BCUT2D eigenvalue weighted by molar-refractivity contribution is 9.49. The van der Waals surface area contributed by atoms with Crippen molar-refractivity contribution in [3.63, 3.8) is 0 Å². The van der Waals surface area contributed by atoms with Gasteiger partial charge in [-0.2, -0.15) is 0 Å². The van der Waals surface area contributed by atoms with Crippen LogP contribution in [0.4, 0.5) is 0 Å². The van der Waals surface area contributed by atoms with Gasteiger partial charge in [0.1, 0.15) is 0 Å².